The molecule has 0 spiro atoms. The van der Waals surface area contributed by atoms with Crippen molar-refractivity contribution in [1.29, 1.82) is 0 Å². The topological polar surface area (TPSA) is 43.1 Å². The lowest BCUT2D eigenvalue weighted by molar-refractivity contribution is -0.133. The van der Waals surface area contributed by atoms with Crippen molar-refractivity contribution in [3.05, 3.63) is 43.0 Å². The predicted molar refractivity (Wildman–Crippen MR) is 80.7 cm³/mol. The van der Waals surface area contributed by atoms with Crippen LogP contribution in [0.2, 0.25) is 0 Å². The van der Waals surface area contributed by atoms with Crippen LogP contribution < -0.4 is 0 Å². The number of carbonyl (C=O) groups excluding carboxylic acids is 1. The average Bonchev–Trinajstić information content (AvgIpc) is 3.22. The Labute approximate surface area is 125 Å². The van der Waals surface area contributed by atoms with Gasteiger partial charge >= 0.3 is 0 Å². The van der Waals surface area contributed by atoms with E-state index >= 15 is 0 Å². The van der Waals surface area contributed by atoms with Gasteiger partial charge in [0.1, 0.15) is 0 Å². The van der Waals surface area contributed by atoms with Gasteiger partial charge in [-0.25, -0.2) is 0 Å². The van der Waals surface area contributed by atoms with Crippen LogP contribution in [0.1, 0.15) is 32.2 Å². The summed E-state index contributed by atoms with van der Waals surface area (Å²) in [6.07, 6.45) is 10.5. The highest BCUT2D eigenvalue weighted by Crippen LogP contribution is 2.22. The standard InChI is InChI=1S/C16H22N4O/c1-14(18-8-2-3-9-18)12-16(21)20-11-4-6-15(20)13-19-10-5-7-17-19/h2-3,5,7-10,14-15H,4,6,11-13H2,1H3/t14-,15-/m1/s1. The molecule has 112 valence electrons. The zero-order valence-electron chi connectivity index (χ0n) is 12.4. The minimum absolute atomic E-state index is 0.207. The Morgan fingerprint density at radius 1 is 1.29 bits per heavy atom. The van der Waals surface area contributed by atoms with Crippen molar-refractivity contribution >= 4 is 5.91 Å². The molecule has 1 saturated heterocycles. The fourth-order valence-electron chi connectivity index (χ4n) is 3.10. The van der Waals surface area contributed by atoms with Crippen LogP contribution in [0.25, 0.3) is 0 Å². The van der Waals surface area contributed by atoms with Crippen LogP contribution in [0.5, 0.6) is 0 Å². The number of hydrogen-bond donors (Lipinski definition) is 0. The van der Waals surface area contributed by atoms with E-state index in [0.717, 1.165) is 25.9 Å². The van der Waals surface area contributed by atoms with E-state index in [4.69, 9.17) is 0 Å². The van der Waals surface area contributed by atoms with Crippen LogP contribution >= 0.6 is 0 Å². The van der Waals surface area contributed by atoms with Crippen molar-refractivity contribution in [2.45, 2.75) is 44.8 Å². The van der Waals surface area contributed by atoms with Crippen LogP contribution in [0.15, 0.2) is 43.0 Å². The molecule has 3 rings (SSSR count). The molecular formula is C16H22N4O. The van der Waals surface area contributed by atoms with Crippen molar-refractivity contribution in [1.82, 2.24) is 19.2 Å². The van der Waals surface area contributed by atoms with Gasteiger partial charge in [-0.3, -0.25) is 9.48 Å². The zero-order chi connectivity index (χ0) is 14.7. The second-order valence-electron chi connectivity index (χ2n) is 5.79. The maximum Gasteiger partial charge on any atom is 0.224 e. The Hall–Kier alpha value is -2.04. The van der Waals surface area contributed by atoms with Crippen molar-refractivity contribution in [3.8, 4) is 0 Å². The van der Waals surface area contributed by atoms with Gasteiger partial charge in [-0.15, -0.1) is 0 Å². The van der Waals surface area contributed by atoms with Crippen molar-refractivity contribution in [2.75, 3.05) is 6.54 Å². The van der Waals surface area contributed by atoms with Gasteiger partial charge in [0.25, 0.3) is 0 Å². The number of aromatic nitrogens is 3. The minimum Gasteiger partial charge on any atom is -0.351 e. The molecule has 0 unspecified atom stereocenters. The lowest BCUT2D eigenvalue weighted by Crippen LogP contribution is -2.38. The molecule has 3 heterocycles. The van der Waals surface area contributed by atoms with Crippen molar-refractivity contribution in [2.24, 2.45) is 0 Å². The molecule has 0 saturated carbocycles. The summed E-state index contributed by atoms with van der Waals surface area (Å²) in [4.78, 5) is 14.6. The molecule has 2 aromatic rings. The van der Waals surface area contributed by atoms with E-state index in [1.165, 1.54) is 0 Å². The maximum absolute atomic E-state index is 12.6. The van der Waals surface area contributed by atoms with Crippen LogP contribution in [-0.4, -0.2) is 37.7 Å². The summed E-state index contributed by atoms with van der Waals surface area (Å²) in [6.45, 7) is 3.77. The number of nitrogens with zero attached hydrogens (tertiary/aromatic N) is 4. The number of carbonyl (C=O) groups is 1. The van der Waals surface area contributed by atoms with E-state index in [1.54, 1.807) is 6.20 Å². The van der Waals surface area contributed by atoms with Gasteiger partial charge in [-0.05, 0) is 38.0 Å². The molecular weight excluding hydrogens is 264 g/mol. The summed E-state index contributed by atoms with van der Waals surface area (Å²) in [6, 6.07) is 6.41. The molecule has 1 fully saturated rings. The Bertz CT molecular complexity index is 561. The average molecular weight is 286 g/mol. The number of amides is 1. The zero-order valence-corrected chi connectivity index (χ0v) is 12.4. The summed E-state index contributed by atoms with van der Waals surface area (Å²) in [7, 11) is 0. The third-order valence-electron chi connectivity index (χ3n) is 4.26. The summed E-state index contributed by atoms with van der Waals surface area (Å²) in [5, 5.41) is 4.25. The molecule has 0 aromatic carbocycles. The van der Waals surface area contributed by atoms with Gasteiger partial charge in [0.05, 0.1) is 12.6 Å². The highest BCUT2D eigenvalue weighted by molar-refractivity contribution is 5.77. The largest absolute Gasteiger partial charge is 0.351 e. The summed E-state index contributed by atoms with van der Waals surface area (Å²) in [5.41, 5.74) is 0. The van der Waals surface area contributed by atoms with Gasteiger partial charge in [-0.1, -0.05) is 0 Å². The van der Waals surface area contributed by atoms with Gasteiger partial charge < -0.3 is 9.47 Å². The smallest absolute Gasteiger partial charge is 0.224 e. The molecule has 0 N–H and O–H groups in total. The van der Waals surface area contributed by atoms with Crippen LogP contribution in [0.3, 0.4) is 0 Å². The first kappa shape index (κ1) is 13.9. The third kappa shape index (κ3) is 3.17. The Balaban J connectivity index is 1.60. The third-order valence-corrected chi connectivity index (χ3v) is 4.26. The van der Waals surface area contributed by atoms with E-state index in [-0.39, 0.29) is 18.0 Å². The van der Waals surface area contributed by atoms with Crippen molar-refractivity contribution < 1.29 is 4.79 Å². The Morgan fingerprint density at radius 3 is 2.81 bits per heavy atom. The summed E-state index contributed by atoms with van der Waals surface area (Å²) in [5.74, 6) is 0.255. The fraction of sp³-hybridized carbons (Fsp3) is 0.500. The van der Waals surface area contributed by atoms with Gasteiger partial charge in [-0.2, -0.15) is 5.10 Å². The van der Waals surface area contributed by atoms with E-state index < -0.39 is 0 Å². The Morgan fingerprint density at radius 2 is 2.10 bits per heavy atom. The fourth-order valence-corrected chi connectivity index (χ4v) is 3.10. The molecule has 0 aliphatic carbocycles. The van der Waals surface area contributed by atoms with Crippen LogP contribution in [0.4, 0.5) is 0 Å². The lowest BCUT2D eigenvalue weighted by atomic mass is 10.2. The second-order valence-corrected chi connectivity index (χ2v) is 5.79. The molecule has 21 heavy (non-hydrogen) atoms. The Kier molecular flexibility index (Phi) is 4.08. The lowest BCUT2D eigenvalue weighted by Gasteiger charge is -2.26. The molecule has 1 aliphatic rings. The first-order valence-corrected chi connectivity index (χ1v) is 7.63. The predicted octanol–water partition coefficient (Wildman–Crippen LogP) is 2.33. The van der Waals surface area contributed by atoms with E-state index in [9.17, 15) is 4.79 Å². The molecule has 5 nitrogen and oxygen atoms in total. The minimum atomic E-state index is 0.207. The first-order chi connectivity index (χ1) is 10.2. The SMILES string of the molecule is C[C@H](CC(=O)N1CCC[C@@H]1Cn1cccn1)n1cccc1. The molecule has 0 radical (unpaired) electrons. The quantitative estimate of drug-likeness (QED) is 0.846. The second kappa shape index (κ2) is 6.16. The highest BCUT2D eigenvalue weighted by atomic mass is 16.2. The number of hydrogen-bond acceptors (Lipinski definition) is 2. The van der Waals surface area contributed by atoms with Crippen molar-refractivity contribution in [3.63, 3.8) is 0 Å². The summed E-state index contributed by atoms with van der Waals surface area (Å²) >= 11 is 0. The molecule has 2 atom stereocenters. The first-order valence-electron chi connectivity index (χ1n) is 7.63. The van der Waals surface area contributed by atoms with Crippen LogP contribution in [0, 0.1) is 0 Å². The van der Waals surface area contributed by atoms with Gasteiger partial charge in [0, 0.05) is 43.8 Å². The molecule has 0 bridgehead atoms. The highest BCUT2D eigenvalue weighted by Gasteiger charge is 2.29. The van der Waals surface area contributed by atoms with E-state index in [2.05, 4.69) is 16.6 Å². The van der Waals surface area contributed by atoms with Crippen LogP contribution in [-0.2, 0) is 11.3 Å². The van der Waals surface area contributed by atoms with E-state index in [1.807, 2.05) is 46.4 Å². The summed E-state index contributed by atoms with van der Waals surface area (Å²) < 4.78 is 4.02. The van der Waals surface area contributed by atoms with E-state index in [0.29, 0.717) is 6.42 Å². The molecule has 1 amide bonds. The van der Waals surface area contributed by atoms with Gasteiger partial charge in [0.2, 0.25) is 5.91 Å². The van der Waals surface area contributed by atoms with Gasteiger partial charge in [0.15, 0.2) is 0 Å². The molecule has 1 aliphatic heterocycles. The number of likely N-dealkylation sites (tertiary alicyclic amines) is 1. The maximum atomic E-state index is 12.6. The molecule has 5 heteroatoms. The molecule has 2 aromatic heterocycles. The number of rotatable bonds is 5. The normalized spacial score (nSPS) is 19.9. The monoisotopic (exact) mass is 286 g/mol.